The van der Waals surface area contributed by atoms with Crippen LogP contribution in [0.2, 0.25) is 0 Å². The Hall–Kier alpha value is -1.99. The zero-order valence-corrected chi connectivity index (χ0v) is 27.4. The number of rotatable bonds is 14. The fourth-order valence-electron chi connectivity index (χ4n) is 7.80. The summed E-state index contributed by atoms with van der Waals surface area (Å²) in [5, 5.41) is 91.7. The molecule has 3 aliphatic carbocycles. The van der Waals surface area contributed by atoms with Gasteiger partial charge in [0.1, 0.15) is 6.10 Å². The second-order valence-electron chi connectivity index (χ2n) is 13.7. The van der Waals surface area contributed by atoms with Crippen molar-refractivity contribution in [3.63, 3.8) is 0 Å². The molecule has 16 nitrogen and oxygen atoms in total. The second-order valence-corrected chi connectivity index (χ2v) is 13.7. The third-order valence-electron chi connectivity index (χ3n) is 10.3. The van der Waals surface area contributed by atoms with Gasteiger partial charge in [-0.1, -0.05) is 0 Å². The highest BCUT2D eigenvalue weighted by Crippen LogP contribution is 2.37. The molecule has 3 aliphatic rings. The highest BCUT2D eigenvalue weighted by molar-refractivity contribution is 5.74. The number of hydrogen-bond donors (Lipinski definition) is 11. The Kier molecular flexibility index (Phi) is 15.2. The van der Waals surface area contributed by atoms with Crippen molar-refractivity contribution in [3.8, 4) is 0 Å². The molecule has 0 aromatic heterocycles. The first-order chi connectivity index (χ1) is 22.2. The summed E-state index contributed by atoms with van der Waals surface area (Å²) < 4.78 is 12.0. The summed E-state index contributed by atoms with van der Waals surface area (Å²) >= 11 is 0. The van der Waals surface area contributed by atoms with Crippen LogP contribution in [0.1, 0.15) is 40.0 Å². The van der Waals surface area contributed by atoms with Crippen molar-refractivity contribution < 1.29 is 64.7 Å². The summed E-state index contributed by atoms with van der Waals surface area (Å²) in [4.78, 5) is 35.6. The Morgan fingerprint density at radius 3 is 1.34 bits per heavy atom. The van der Waals surface area contributed by atoms with E-state index >= 15 is 0 Å². The molecule has 0 spiro atoms. The first-order valence-corrected chi connectivity index (χ1v) is 16.4. The van der Waals surface area contributed by atoms with Crippen molar-refractivity contribution in [2.75, 3.05) is 46.2 Å². The van der Waals surface area contributed by atoms with Crippen LogP contribution in [0, 0.1) is 41.4 Å². The molecule has 272 valence electrons. The number of carbonyl (C=O) groups is 3. The van der Waals surface area contributed by atoms with Gasteiger partial charge in [0, 0.05) is 70.2 Å². The summed E-state index contributed by atoms with van der Waals surface area (Å²) in [6.45, 7) is 2.90. The molecule has 0 aliphatic heterocycles. The lowest BCUT2D eigenvalue weighted by Crippen LogP contribution is -2.60. The van der Waals surface area contributed by atoms with E-state index in [1.54, 1.807) is 0 Å². The van der Waals surface area contributed by atoms with Crippen molar-refractivity contribution in [1.29, 1.82) is 0 Å². The first kappa shape index (κ1) is 39.4. The minimum Gasteiger partial charge on any atom is -0.396 e. The molecule has 0 aromatic carbocycles. The lowest BCUT2D eigenvalue weighted by molar-refractivity contribution is -0.137. The van der Waals surface area contributed by atoms with E-state index in [4.69, 9.17) is 9.47 Å². The zero-order valence-electron chi connectivity index (χ0n) is 27.4. The van der Waals surface area contributed by atoms with Crippen molar-refractivity contribution in [1.82, 2.24) is 16.0 Å². The van der Waals surface area contributed by atoms with E-state index in [1.165, 1.54) is 20.8 Å². The predicted octanol–water partition coefficient (Wildman–Crippen LogP) is -4.16. The van der Waals surface area contributed by atoms with Gasteiger partial charge >= 0.3 is 0 Å². The van der Waals surface area contributed by atoms with Gasteiger partial charge in [-0.3, -0.25) is 14.4 Å². The Morgan fingerprint density at radius 1 is 0.511 bits per heavy atom. The maximum Gasteiger partial charge on any atom is 0.217 e. The summed E-state index contributed by atoms with van der Waals surface area (Å²) in [5.41, 5.74) is 0. The van der Waals surface area contributed by atoms with Crippen molar-refractivity contribution in [3.05, 3.63) is 0 Å². The minimum atomic E-state index is -1.32. The van der Waals surface area contributed by atoms with Gasteiger partial charge in [-0.05, 0) is 31.1 Å². The molecule has 16 heteroatoms. The van der Waals surface area contributed by atoms with Crippen LogP contribution < -0.4 is 16.0 Å². The molecular weight excluding hydrogens is 622 g/mol. The van der Waals surface area contributed by atoms with E-state index in [-0.39, 0.29) is 65.0 Å². The number of amides is 3. The molecule has 11 N–H and O–H groups in total. The van der Waals surface area contributed by atoms with Crippen LogP contribution >= 0.6 is 0 Å². The number of carbonyl (C=O) groups excluding carboxylic acids is 3. The van der Waals surface area contributed by atoms with Crippen molar-refractivity contribution in [2.24, 2.45) is 41.4 Å². The van der Waals surface area contributed by atoms with E-state index < -0.39 is 102 Å². The first-order valence-electron chi connectivity index (χ1n) is 16.4. The number of ether oxygens (including phenoxy) is 2. The monoisotopic (exact) mass is 677 g/mol. The molecule has 0 heterocycles. The highest BCUT2D eigenvalue weighted by atomic mass is 16.5. The van der Waals surface area contributed by atoms with Gasteiger partial charge in [0.15, 0.2) is 0 Å². The molecule has 3 rings (SSSR count). The van der Waals surface area contributed by atoms with Crippen LogP contribution in [-0.2, 0) is 23.9 Å². The highest BCUT2D eigenvalue weighted by Gasteiger charge is 2.47. The molecular formula is C31H55N3O13. The minimum absolute atomic E-state index is 0.0217. The Balaban J connectivity index is 1.66. The molecule has 3 amide bonds. The lowest BCUT2D eigenvalue weighted by atomic mass is 9.70. The smallest absolute Gasteiger partial charge is 0.217 e. The molecule has 6 unspecified atom stereocenters. The van der Waals surface area contributed by atoms with E-state index in [2.05, 4.69) is 16.0 Å². The van der Waals surface area contributed by atoms with Crippen LogP contribution in [0.5, 0.6) is 0 Å². The molecule has 3 saturated carbocycles. The summed E-state index contributed by atoms with van der Waals surface area (Å²) in [6.07, 6.45) is -5.20. The number of aliphatic hydroxyl groups is 8. The number of hydrogen-bond acceptors (Lipinski definition) is 13. The molecule has 15 atom stereocenters. The fourth-order valence-corrected chi connectivity index (χ4v) is 7.80. The van der Waals surface area contributed by atoms with Gasteiger partial charge < -0.3 is 66.3 Å². The quantitative estimate of drug-likeness (QED) is 0.0835. The maximum absolute atomic E-state index is 12.2. The van der Waals surface area contributed by atoms with E-state index in [0.717, 1.165) is 0 Å². The van der Waals surface area contributed by atoms with Crippen LogP contribution in [0.3, 0.4) is 0 Å². The number of nitrogens with one attached hydrogen (secondary N) is 3. The average Bonchev–Trinajstić information content (AvgIpc) is 3.01. The third-order valence-corrected chi connectivity index (χ3v) is 10.3. The summed E-state index contributed by atoms with van der Waals surface area (Å²) in [5.74, 6) is -4.92. The van der Waals surface area contributed by atoms with Gasteiger partial charge in [-0.15, -0.1) is 0 Å². The van der Waals surface area contributed by atoms with E-state index in [0.29, 0.717) is 6.42 Å². The average molecular weight is 678 g/mol. The molecule has 47 heavy (non-hydrogen) atoms. The van der Waals surface area contributed by atoms with Gasteiger partial charge in [0.2, 0.25) is 17.7 Å². The Bertz CT molecular complexity index is 1020. The van der Waals surface area contributed by atoms with Crippen molar-refractivity contribution in [2.45, 2.75) is 88.7 Å². The van der Waals surface area contributed by atoms with E-state index in [1.807, 2.05) is 0 Å². The van der Waals surface area contributed by atoms with Crippen molar-refractivity contribution >= 4 is 17.7 Å². The van der Waals surface area contributed by atoms with Crippen LogP contribution in [-0.4, -0.2) is 153 Å². The SMILES string of the molecule is CC(=O)NC1[C@H](COC[C@H]2C(CO)C[C@@H](COC[C@H]3C(CO)C[C@@H](O)C(NC(C)=O)[C@H]3O)C(NC(C)=O)[C@H]2O)CC(CO)[C@H](O)[C@@H]1O. The Morgan fingerprint density at radius 2 is 0.894 bits per heavy atom. The topological polar surface area (TPSA) is 268 Å². The summed E-state index contributed by atoms with van der Waals surface area (Å²) in [7, 11) is 0. The lowest BCUT2D eigenvalue weighted by Gasteiger charge is -2.46. The second kappa shape index (κ2) is 18.1. The standard InChI is InChI=1S/C31H55N3O13/c1-14(38)32-25-20(10-46-13-23-18(8-36)6-24(41)27(30(23)44)34-16(3)40)4-17(7-35)22(29(25)43)12-47-11-21-5-19(9-37)28(42)31(45)26(21)33-15(2)39/h17-31,35-37,41-45H,4-13H2,1-3H3,(H,32,38)(H,33,39)(H,34,40)/t17?,18?,19?,20-,21-,22-,23-,24+,25?,26?,27?,28-,29-,30-,31+/m0/s1. The van der Waals surface area contributed by atoms with Crippen LogP contribution in [0.4, 0.5) is 0 Å². The summed E-state index contributed by atoms with van der Waals surface area (Å²) in [6, 6.07) is -2.54. The van der Waals surface area contributed by atoms with Crippen LogP contribution in [0.25, 0.3) is 0 Å². The van der Waals surface area contributed by atoms with Gasteiger partial charge in [-0.2, -0.15) is 0 Å². The molecule has 3 fully saturated rings. The number of aliphatic hydroxyl groups excluding tert-OH is 8. The molecule has 0 bridgehead atoms. The third kappa shape index (κ3) is 10.0. The molecule has 0 radical (unpaired) electrons. The van der Waals surface area contributed by atoms with Gasteiger partial charge in [-0.25, -0.2) is 0 Å². The van der Waals surface area contributed by atoms with Gasteiger partial charge in [0.05, 0.1) is 69.0 Å². The fraction of sp³-hybridized carbons (Fsp3) is 0.903. The molecule has 0 aromatic rings. The van der Waals surface area contributed by atoms with Gasteiger partial charge in [0.25, 0.3) is 0 Å². The Labute approximate surface area is 274 Å². The normalized spacial score (nSPS) is 40.8. The molecule has 0 saturated heterocycles. The zero-order chi connectivity index (χ0) is 35.0. The largest absolute Gasteiger partial charge is 0.396 e. The van der Waals surface area contributed by atoms with E-state index in [9.17, 15) is 55.2 Å². The predicted molar refractivity (Wildman–Crippen MR) is 164 cm³/mol. The van der Waals surface area contributed by atoms with Crippen LogP contribution in [0.15, 0.2) is 0 Å². The maximum atomic E-state index is 12.2.